The molecule has 0 aliphatic heterocycles. The fraction of sp³-hybridized carbons (Fsp3) is 0.118. The van der Waals surface area contributed by atoms with Crippen molar-refractivity contribution in [2.24, 2.45) is 0 Å². The number of aromatic nitrogens is 1. The lowest BCUT2D eigenvalue weighted by Crippen LogP contribution is -1.92. The van der Waals surface area contributed by atoms with Gasteiger partial charge in [-0.15, -0.1) is 0 Å². The average molecular weight is 299 g/mol. The lowest BCUT2D eigenvalue weighted by Gasteiger charge is -2.06. The molecule has 5 heteroatoms. The predicted molar refractivity (Wildman–Crippen MR) is 79.8 cm³/mol. The van der Waals surface area contributed by atoms with Crippen molar-refractivity contribution in [1.82, 2.24) is 5.16 Å². The fourth-order valence-corrected chi connectivity index (χ4v) is 2.34. The van der Waals surface area contributed by atoms with Crippen LogP contribution < -0.4 is 4.74 Å². The van der Waals surface area contributed by atoms with E-state index in [0.29, 0.717) is 28.3 Å². The molecule has 0 atom stereocenters. The third-order valence-electron chi connectivity index (χ3n) is 3.41. The summed E-state index contributed by atoms with van der Waals surface area (Å²) in [6, 6.07) is 13.2. The van der Waals surface area contributed by atoms with Gasteiger partial charge in [0, 0.05) is 11.1 Å². The maximum Gasteiger partial charge on any atom is 0.173 e. The number of aliphatic hydroxyl groups is 1. The lowest BCUT2D eigenvalue weighted by atomic mass is 10.0. The number of hydrogen-bond acceptors (Lipinski definition) is 4. The monoisotopic (exact) mass is 299 g/mol. The third-order valence-corrected chi connectivity index (χ3v) is 3.41. The second-order valence-electron chi connectivity index (χ2n) is 4.70. The minimum absolute atomic E-state index is 0.246. The molecule has 1 aromatic heterocycles. The van der Waals surface area contributed by atoms with Crippen molar-refractivity contribution >= 4 is 0 Å². The molecule has 0 aliphatic carbocycles. The summed E-state index contributed by atoms with van der Waals surface area (Å²) in [7, 11) is 1.57. The van der Waals surface area contributed by atoms with Crippen LogP contribution in [0.2, 0.25) is 0 Å². The summed E-state index contributed by atoms with van der Waals surface area (Å²) in [6.07, 6.45) is 0. The van der Waals surface area contributed by atoms with Crippen LogP contribution in [0.4, 0.5) is 4.39 Å². The molecule has 0 bridgehead atoms. The number of hydrogen-bond donors (Lipinski definition) is 1. The Bertz CT molecular complexity index is 781. The molecule has 22 heavy (non-hydrogen) atoms. The predicted octanol–water partition coefficient (Wildman–Crippen LogP) is 3.65. The first kappa shape index (κ1) is 14.3. The standard InChI is InChI=1S/C17H14FNO3/c1-21-15-5-3-2-4-13(15)16-14(10-20)17(22-19-16)11-6-8-12(18)9-7-11/h2-9,20H,10H2,1H3. The van der Waals surface area contributed by atoms with Crippen molar-refractivity contribution in [3.05, 3.63) is 59.9 Å². The zero-order valence-corrected chi connectivity index (χ0v) is 11.9. The molecule has 3 aromatic rings. The number of benzene rings is 2. The van der Waals surface area contributed by atoms with Crippen LogP contribution in [0.5, 0.6) is 5.75 Å². The molecular weight excluding hydrogens is 285 g/mol. The van der Waals surface area contributed by atoms with Gasteiger partial charge in [0.25, 0.3) is 0 Å². The van der Waals surface area contributed by atoms with Crippen molar-refractivity contribution in [1.29, 1.82) is 0 Å². The van der Waals surface area contributed by atoms with E-state index in [1.54, 1.807) is 19.2 Å². The molecular formula is C17H14FNO3. The van der Waals surface area contributed by atoms with E-state index in [1.165, 1.54) is 12.1 Å². The number of methoxy groups -OCH3 is 1. The first-order valence-corrected chi connectivity index (χ1v) is 6.73. The highest BCUT2D eigenvalue weighted by Crippen LogP contribution is 2.36. The Kier molecular flexibility index (Phi) is 3.89. The van der Waals surface area contributed by atoms with Crippen molar-refractivity contribution in [2.75, 3.05) is 7.11 Å². The van der Waals surface area contributed by atoms with Gasteiger partial charge in [-0.1, -0.05) is 17.3 Å². The summed E-state index contributed by atoms with van der Waals surface area (Å²) in [5, 5.41) is 13.8. The molecule has 3 rings (SSSR count). The molecule has 0 aliphatic rings. The highest BCUT2D eigenvalue weighted by atomic mass is 19.1. The van der Waals surface area contributed by atoms with E-state index in [0.717, 1.165) is 5.56 Å². The molecule has 0 saturated heterocycles. The number of halogens is 1. The Labute approximate surface area is 126 Å². The van der Waals surface area contributed by atoms with Crippen LogP contribution in [0.15, 0.2) is 53.1 Å². The molecule has 1 N–H and O–H groups in total. The van der Waals surface area contributed by atoms with Gasteiger partial charge in [-0.25, -0.2) is 4.39 Å². The first-order chi connectivity index (χ1) is 10.7. The molecule has 0 spiro atoms. The van der Waals surface area contributed by atoms with Gasteiger partial charge >= 0.3 is 0 Å². The molecule has 0 fully saturated rings. The minimum atomic E-state index is -0.334. The van der Waals surface area contributed by atoms with Gasteiger partial charge in [0.15, 0.2) is 5.76 Å². The second-order valence-corrected chi connectivity index (χ2v) is 4.70. The minimum Gasteiger partial charge on any atom is -0.496 e. The van der Waals surface area contributed by atoms with Gasteiger partial charge < -0.3 is 14.4 Å². The smallest absolute Gasteiger partial charge is 0.173 e. The molecule has 0 unspecified atom stereocenters. The van der Waals surface area contributed by atoms with E-state index in [9.17, 15) is 9.50 Å². The maximum absolute atomic E-state index is 13.0. The average Bonchev–Trinajstić information content (AvgIpc) is 2.99. The van der Waals surface area contributed by atoms with Gasteiger partial charge in [0.2, 0.25) is 0 Å². The van der Waals surface area contributed by atoms with Crippen LogP contribution in [-0.4, -0.2) is 17.4 Å². The largest absolute Gasteiger partial charge is 0.496 e. The molecule has 1 heterocycles. The Balaban J connectivity index is 2.13. The van der Waals surface area contributed by atoms with Crippen LogP contribution in [0.1, 0.15) is 5.56 Å². The van der Waals surface area contributed by atoms with Gasteiger partial charge in [0.1, 0.15) is 17.3 Å². The Morgan fingerprint density at radius 1 is 1.14 bits per heavy atom. The van der Waals surface area contributed by atoms with Gasteiger partial charge in [0.05, 0.1) is 19.3 Å². The Morgan fingerprint density at radius 2 is 1.86 bits per heavy atom. The summed E-state index contributed by atoms with van der Waals surface area (Å²) >= 11 is 0. The number of rotatable bonds is 4. The van der Waals surface area contributed by atoms with E-state index >= 15 is 0 Å². The molecule has 0 saturated carbocycles. The van der Waals surface area contributed by atoms with Crippen LogP contribution in [0.25, 0.3) is 22.6 Å². The van der Waals surface area contributed by atoms with Gasteiger partial charge in [-0.2, -0.15) is 0 Å². The Hall–Kier alpha value is -2.66. The number of aliphatic hydroxyl groups excluding tert-OH is 1. The highest BCUT2D eigenvalue weighted by molar-refractivity contribution is 5.75. The van der Waals surface area contributed by atoms with E-state index in [2.05, 4.69) is 5.16 Å². The van der Waals surface area contributed by atoms with E-state index in [-0.39, 0.29) is 12.4 Å². The molecule has 2 aromatic carbocycles. The molecule has 0 radical (unpaired) electrons. The maximum atomic E-state index is 13.0. The van der Waals surface area contributed by atoms with E-state index in [1.807, 2.05) is 24.3 Å². The number of nitrogens with zero attached hydrogens (tertiary/aromatic N) is 1. The van der Waals surface area contributed by atoms with Crippen molar-refractivity contribution in [3.63, 3.8) is 0 Å². The molecule has 0 amide bonds. The topological polar surface area (TPSA) is 55.5 Å². The second kappa shape index (κ2) is 5.99. The zero-order valence-electron chi connectivity index (χ0n) is 11.9. The van der Waals surface area contributed by atoms with Crippen molar-refractivity contribution in [3.8, 4) is 28.3 Å². The van der Waals surface area contributed by atoms with Crippen LogP contribution in [-0.2, 0) is 6.61 Å². The molecule has 112 valence electrons. The van der Waals surface area contributed by atoms with Crippen molar-refractivity contribution in [2.45, 2.75) is 6.61 Å². The summed E-state index contributed by atoms with van der Waals surface area (Å²) in [4.78, 5) is 0. The summed E-state index contributed by atoms with van der Waals surface area (Å²) in [6.45, 7) is -0.246. The van der Waals surface area contributed by atoms with Crippen LogP contribution in [0, 0.1) is 5.82 Å². The van der Waals surface area contributed by atoms with E-state index in [4.69, 9.17) is 9.26 Å². The number of ether oxygens (including phenoxy) is 1. The Morgan fingerprint density at radius 3 is 2.55 bits per heavy atom. The lowest BCUT2D eigenvalue weighted by molar-refractivity contribution is 0.281. The van der Waals surface area contributed by atoms with Gasteiger partial charge in [-0.05, 0) is 36.4 Å². The van der Waals surface area contributed by atoms with Crippen molar-refractivity contribution < 1.29 is 18.8 Å². The molecule has 4 nitrogen and oxygen atoms in total. The zero-order chi connectivity index (χ0) is 15.5. The number of para-hydroxylation sites is 1. The quantitative estimate of drug-likeness (QED) is 0.799. The van der Waals surface area contributed by atoms with Crippen LogP contribution >= 0.6 is 0 Å². The fourth-order valence-electron chi connectivity index (χ4n) is 2.34. The SMILES string of the molecule is COc1ccccc1-c1noc(-c2ccc(F)cc2)c1CO. The third kappa shape index (κ3) is 2.46. The van der Waals surface area contributed by atoms with E-state index < -0.39 is 0 Å². The summed E-state index contributed by atoms with van der Waals surface area (Å²) in [5.74, 6) is 0.721. The normalized spacial score (nSPS) is 10.7. The van der Waals surface area contributed by atoms with Crippen LogP contribution in [0.3, 0.4) is 0 Å². The highest BCUT2D eigenvalue weighted by Gasteiger charge is 2.20. The summed E-state index contributed by atoms with van der Waals surface area (Å²) < 4.78 is 23.7. The first-order valence-electron chi connectivity index (χ1n) is 6.73. The summed E-state index contributed by atoms with van der Waals surface area (Å²) in [5.41, 5.74) is 2.43. The van der Waals surface area contributed by atoms with Gasteiger partial charge in [-0.3, -0.25) is 0 Å².